The first-order valence-electron chi connectivity index (χ1n) is 9.50. The maximum atomic E-state index is 12.3. The summed E-state index contributed by atoms with van der Waals surface area (Å²) in [7, 11) is 0. The highest BCUT2D eigenvalue weighted by Gasteiger charge is 2.08. The van der Waals surface area contributed by atoms with Crippen LogP contribution in [-0.4, -0.2) is 18.4 Å². The predicted molar refractivity (Wildman–Crippen MR) is 115 cm³/mol. The highest BCUT2D eigenvalue weighted by molar-refractivity contribution is 6.04. The minimum atomic E-state index is -0.274. The molecule has 148 valence electrons. The number of benzene rings is 3. The van der Waals surface area contributed by atoms with Gasteiger partial charge in [0.05, 0.1) is 0 Å². The van der Waals surface area contributed by atoms with Crippen molar-refractivity contribution in [3.63, 3.8) is 0 Å². The summed E-state index contributed by atoms with van der Waals surface area (Å²) in [5.74, 6) is 0.613. The molecule has 2 amide bonds. The minimum absolute atomic E-state index is 0.0956. The van der Waals surface area contributed by atoms with Crippen molar-refractivity contribution in [1.29, 1.82) is 0 Å². The first-order chi connectivity index (χ1) is 14.0. The van der Waals surface area contributed by atoms with Crippen LogP contribution in [0.2, 0.25) is 0 Å². The Kier molecular flexibility index (Phi) is 6.63. The lowest BCUT2D eigenvalue weighted by molar-refractivity contribution is -0.118. The average Bonchev–Trinajstić information content (AvgIpc) is 2.73. The third kappa shape index (κ3) is 5.94. The number of amides is 2. The molecule has 0 bridgehead atoms. The van der Waals surface area contributed by atoms with Crippen molar-refractivity contribution >= 4 is 23.2 Å². The lowest BCUT2D eigenvalue weighted by Crippen LogP contribution is -2.20. The van der Waals surface area contributed by atoms with Crippen molar-refractivity contribution in [2.45, 2.75) is 19.8 Å². The largest absolute Gasteiger partial charge is 0.484 e. The number of hydrogen-bond donors (Lipinski definition) is 2. The van der Waals surface area contributed by atoms with Crippen LogP contribution in [0.15, 0.2) is 78.9 Å². The van der Waals surface area contributed by atoms with Gasteiger partial charge in [0, 0.05) is 16.9 Å². The summed E-state index contributed by atoms with van der Waals surface area (Å²) in [6, 6.07) is 23.7. The molecule has 29 heavy (non-hydrogen) atoms. The van der Waals surface area contributed by atoms with Crippen LogP contribution in [0.5, 0.6) is 5.75 Å². The van der Waals surface area contributed by atoms with E-state index in [1.807, 2.05) is 42.5 Å². The number of nitrogens with one attached hydrogen (secondary N) is 2. The molecular formula is C24H24N2O3. The fourth-order valence-electron chi connectivity index (χ4n) is 2.76. The molecule has 0 unspecified atom stereocenters. The molecule has 2 N–H and O–H groups in total. The van der Waals surface area contributed by atoms with Crippen LogP contribution in [0.1, 0.15) is 35.7 Å². The Morgan fingerprint density at radius 3 is 2.14 bits per heavy atom. The second-order valence-electron chi connectivity index (χ2n) is 6.96. The predicted octanol–water partition coefficient (Wildman–Crippen LogP) is 5.08. The number of carbonyl (C=O) groups excluding carboxylic acids is 2. The summed E-state index contributed by atoms with van der Waals surface area (Å²) in [6.07, 6.45) is 0. The van der Waals surface area contributed by atoms with Crippen LogP contribution in [0.25, 0.3) is 0 Å². The minimum Gasteiger partial charge on any atom is -0.484 e. The molecular weight excluding hydrogens is 364 g/mol. The maximum Gasteiger partial charge on any atom is 0.262 e. The molecule has 3 aromatic carbocycles. The van der Waals surface area contributed by atoms with Crippen LogP contribution in [0.4, 0.5) is 11.4 Å². The average molecular weight is 388 g/mol. The highest BCUT2D eigenvalue weighted by atomic mass is 16.5. The lowest BCUT2D eigenvalue weighted by atomic mass is 10.0. The highest BCUT2D eigenvalue weighted by Crippen LogP contribution is 2.19. The van der Waals surface area contributed by atoms with Crippen molar-refractivity contribution < 1.29 is 14.3 Å². The van der Waals surface area contributed by atoms with Gasteiger partial charge in [0.15, 0.2) is 6.61 Å². The van der Waals surface area contributed by atoms with Crippen LogP contribution in [-0.2, 0) is 4.79 Å². The molecule has 0 aromatic heterocycles. The Balaban J connectivity index is 1.54. The first-order valence-corrected chi connectivity index (χ1v) is 9.50. The fraction of sp³-hybridized carbons (Fsp3) is 0.167. The van der Waals surface area contributed by atoms with Gasteiger partial charge in [-0.05, 0) is 53.9 Å². The van der Waals surface area contributed by atoms with E-state index in [0.717, 1.165) is 0 Å². The topological polar surface area (TPSA) is 67.4 Å². The summed E-state index contributed by atoms with van der Waals surface area (Å²) in [5, 5.41) is 5.60. The van der Waals surface area contributed by atoms with Gasteiger partial charge < -0.3 is 15.4 Å². The van der Waals surface area contributed by atoms with Gasteiger partial charge in [-0.15, -0.1) is 0 Å². The van der Waals surface area contributed by atoms with E-state index in [4.69, 9.17) is 4.74 Å². The number of carbonyl (C=O) groups is 2. The van der Waals surface area contributed by atoms with Crippen molar-refractivity contribution in [3.8, 4) is 5.75 Å². The van der Waals surface area contributed by atoms with Gasteiger partial charge in [-0.3, -0.25) is 9.59 Å². The molecule has 3 aromatic rings. The summed E-state index contributed by atoms with van der Waals surface area (Å²) in [5.41, 5.74) is 2.97. The number of ether oxygens (including phenoxy) is 1. The van der Waals surface area contributed by atoms with E-state index in [-0.39, 0.29) is 18.4 Å². The van der Waals surface area contributed by atoms with E-state index < -0.39 is 0 Å². The van der Waals surface area contributed by atoms with Crippen LogP contribution in [0.3, 0.4) is 0 Å². The van der Waals surface area contributed by atoms with Gasteiger partial charge in [0.2, 0.25) is 0 Å². The van der Waals surface area contributed by atoms with E-state index in [1.165, 1.54) is 5.56 Å². The van der Waals surface area contributed by atoms with Gasteiger partial charge in [-0.1, -0.05) is 50.2 Å². The second-order valence-corrected chi connectivity index (χ2v) is 6.96. The molecule has 0 heterocycles. The Bertz CT molecular complexity index is 967. The molecule has 5 nitrogen and oxygen atoms in total. The Labute approximate surface area is 170 Å². The number of hydrogen-bond acceptors (Lipinski definition) is 3. The third-order valence-electron chi connectivity index (χ3n) is 4.36. The molecule has 0 atom stereocenters. The Morgan fingerprint density at radius 2 is 1.48 bits per heavy atom. The van der Waals surface area contributed by atoms with Crippen LogP contribution >= 0.6 is 0 Å². The van der Waals surface area contributed by atoms with E-state index in [2.05, 4.69) is 24.5 Å². The number of anilines is 2. The standard InChI is InChI=1S/C24H24N2O3/c1-17(2)18-11-13-22(14-12-18)29-16-23(27)25-20-9-6-10-21(15-20)26-24(28)19-7-4-3-5-8-19/h3-15,17H,16H2,1-2H3,(H,25,27)(H,26,28). The Morgan fingerprint density at radius 1 is 0.828 bits per heavy atom. The normalized spacial score (nSPS) is 10.4. The van der Waals surface area contributed by atoms with Crippen molar-refractivity contribution in [1.82, 2.24) is 0 Å². The smallest absolute Gasteiger partial charge is 0.262 e. The molecule has 0 fully saturated rings. The quantitative estimate of drug-likeness (QED) is 0.593. The molecule has 0 aliphatic carbocycles. The Hall–Kier alpha value is -3.60. The van der Waals surface area contributed by atoms with Crippen molar-refractivity contribution in [2.75, 3.05) is 17.2 Å². The van der Waals surface area contributed by atoms with Crippen molar-refractivity contribution in [2.24, 2.45) is 0 Å². The monoisotopic (exact) mass is 388 g/mol. The van der Waals surface area contributed by atoms with Gasteiger partial charge >= 0.3 is 0 Å². The van der Waals surface area contributed by atoms with Gasteiger partial charge in [0.1, 0.15) is 5.75 Å². The van der Waals surface area contributed by atoms with E-state index >= 15 is 0 Å². The zero-order chi connectivity index (χ0) is 20.6. The molecule has 0 spiro atoms. The molecule has 0 aliphatic rings. The zero-order valence-corrected chi connectivity index (χ0v) is 16.5. The number of rotatable bonds is 7. The van der Waals surface area contributed by atoms with Gasteiger partial charge in [-0.25, -0.2) is 0 Å². The summed E-state index contributed by atoms with van der Waals surface area (Å²) < 4.78 is 5.55. The summed E-state index contributed by atoms with van der Waals surface area (Å²) >= 11 is 0. The van der Waals surface area contributed by atoms with E-state index in [0.29, 0.717) is 28.6 Å². The fourth-order valence-corrected chi connectivity index (χ4v) is 2.76. The molecule has 5 heteroatoms. The van der Waals surface area contributed by atoms with E-state index in [9.17, 15) is 9.59 Å². The zero-order valence-electron chi connectivity index (χ0n) is 16.5. The van der Waals surface area contributed by atoms with E-state index in [1.54, 1.807) is 36.4 Å². The van der Waals surface area contributed by atoms with Crippen LogP contribution < -0.4 is 15.4 Å². The first kappa shape index (κ1) is 20.1. The van der Waals surface area contributed by atoms with Gasteiger partial charge in [-0.2, -0.15) is 0 Å². The molecule has 0 radical (unpaired) electrons. The van der Waals surface area contributed by atoms with Crippen LogP contribution in [0, 0.1) is 0 Å². The SMILES string of the molecule is CC(C)c1ccc(OCC(=O)Nc2cccc(NC(=O)c3ccccc3)c2)cc1. The lowest BCUT2D eigenvalue weighted by Gasteiger charge is -2.11. The summed E-state index contributed by atoms with van der Waals surface area (Å²) in [4.78, 5) is 24.4. The second kappa shape index (κ2) is 9.55. The molecule has 0 aliphatic heterocycles. The third-order valence-corrected chi connectivity index (χ3v) is 4.36. The maximum absolute atomic E-state index is 12.3. The van der Waals surface area contributed by atoms with Crippen molar-refractivity contribution in [3.05, 3.63) is 90.0 Å². The summed E-state index contributed by atoms with van der Waals surface area (Å²) in [6.45, 7) is 4.15. The molecule has 0 saturated heterocycles. The van der Waals surface area contributed by atoms with Gasteiger partial charge in [0.25, 0.3) is 11.8 Å². The molecule has 0 saturated carbocycles. The molecule has 3 rings (SSSR count).